The molecule has 1 saturated heterocycles. The number of phenols is 1. The lowest BCUT2D eigenvalue weighted by Gasteiger charge is -2.36. The van der Waals surface area contributed by atoms with Crippen LogP contribution in [0.5, 0.6) is 5.75 Å². The van der Waals surface area contributed by atoms with Gasteiger partial charge in [-0.1, -0.05) is 19.1 Å². The van der Waals surface area contributed by atoms with Crippen LogP contribution in [0.1, 0.15) is 29.3 Å². The molecule has 1 aliphatic heterocycles. The number of piperazine rings is 1. The van der Waals surface area contributed by atoms with Crippen LogP contribution in [0.3, 0.4) is 0 Å². The van der Waals surface area contributed by atoms with Crippen molar-refractivity contribution in [3.63, 3.8) is 0 Å². The van der Waals surface area contributed by atoms with E-state index in [1.54, 1.807) is 30.0 Å². The fourth-order valence-electron chi connectivity index (χ4n) is 2.67. The van der Waals surface area contributed by atoms with E-state index in [2.05, 4.69) is 11.0 Å². The number of rotatable bonds is 3. The first kappa shape index (κ1) is 15.3. The van der Waals surface area contributed by atoms with Crippen molar-refractivity contribution in [2.45, 2.75) is 26.3 Å². The number of nitriles is 1. The van der Waals surface area contributed by atoms with Gasteiger partial charge in [-0.05, 0) is 25.0 Å². The van der Waals surface area contributed by atoms with E-state index in [-0.39, 0.29) is 17.7 Å². The number of aryl methyl sites for hydroxylation is 1. The molecule has 0 radical (unpaired) electrons. The van der Waals surface area contributed by atoms with Gasteiger partial charge in [0.05, 0.1) is 17.7 Å². The Morgan fingerprint density at radius 3 is 2.62 bits per heavy atom. The van der Waals surface area contributed by atoms with Gasteiger partial charge in [0.1, 0.15) is 5.75 Å². The van der Waals surface area contributed by atoms with Gasteiger partial charge in [-0.15, -0.1) is 0 Å². The van der Waals surface area contributed by atoms with E-state index >= 15 is 0 Å². The molecule has 1 amide bonds. The number of nitrogens with zero attached hydrogens (tertiary/aromatic N) is 3. The molecule has 5 nitrogen and oxygen atoms in total. The van der Waals surface area contributed by atoms with E-state index in [1.165, 1.54) is 0 Å². The van der Waals surface area contributed by atoms with Crippen molar-refractivity contribution in [2.24, 2.45) is 0 Å². The molecular weight excluding hydrogens is 266 g/mol. The number of hydrogen-bond acceptors (Lipinski definition) is 4. The highest BCUT2D eigenvalue weighted by Gasteiger charge is 2.27. The van der Waals surface area contributed by atoms with Crippen molar-refractivity contribution in [1.29, 1.82) is 5.26 Å². The molecule has 1 fully saturated rings. The maximum atomic E-state index is 12.5. The number of amides is 1. The standard InChI is InChI=1S/C16H21N3O2/c1-3-13(11-17)18-7-9-19(10-8-18)16(21)14-6-4-5-12(2)15(14)20/h4-6,13,20H,3,7-10H2,1-2H3. The Hall–Kier alpha value is -2.06. The molecule has 0 aromatic heterocycles. The van der Waals surface area contributed by atoms with Crippen molar-refractivity contribution in [1.82, 2.24) is 9.80 Å². The van der Waals surface area contributed by atoms with Gasteiger partial charge in [0.15, 0.2) is 0 Å². The zero-order valence-corrected chi connectivity index (χ0v) is 12.5. The van der Waals surface area contributed by atoms with Crippen LogP contribution in [-0.4, -0.2) is 53.0 Å². The summed E-state index contributed by atoms with van der Waals surface area (Å²) in [6.07, 6.45) is 0.795. The van der Waals surface area contributed by atoms with Gasteiger partial charge in [-0.25, -0.2) is 0 Å². The van der Waals surface area contributed by atoms with E-state index in [1.807, 2.05) is 6.92 Å². The summed E-state index contributed by atoms with van der Waals surface area (Å²) in [6, 6.07) is 7.44. The van der Waals surface area contributed by atoms with Crippen LogP contribution in [0.15, 0.2) is 18.2 Å². The highest BCUT2D eigenvalue weighted by Crippen LogP contribution is 2.23. The van der Waals surface area contributed by atoms with Gasteiger partial charge in [0.25, 0.3) is 5.91 Å². The van der Waals surface area contributed by atoms with E-state index < -0.39 is 0 Å². The smallest absolute Gasteiger partial charge is 0.257 e. The van der Waals surface area contributed by atoms with Crippen molar-refractivity contribution in [2.75, 3.05) is 26.2 Å². The molecule has 0 saturated carbocycles. The minimum absolute atomic E-state index is 0.0633. The first-order chi connectivity index (χ1) is 10.1. The summed E-state index contributed by atoms with van der Waals surface area (Å²) in [7, 11) is 0. The molecule has 21 heavy (non-hydrogen) atoms. The number of carbonyl (C=O) groups excluding carboxylic acids is 1. The van der Waals surface area contributed by atoms with Crippen LogP contribution in [-0.2, 0) is 0 Å². The summed E-state index contributed by atoms with van der Waals surface area (Å²) in [6.45, 7) is 6.35. The van der Waals surface area contributed by atoms with E-state index in [4.69, 9.17) is 5.26 Å². The summed E-state index contributed by atoms with van der Waals surface area (Å²) in [5, 5.41) is 19.1. The van der Waals surface area contributed by atoms with Gasteiger partial charge in [-0.3, -0.25) is 9.69 Å². The first-order valence-corrected chi connectivity index (χ1v) is 7.30. The number of aromatic hydroxyl groups is 1. The molecule has 0 aliphatic carbocycles. The van der Waals surface area contributed by atoms with Gasteiger partial charge < -0.3 is 10.0 Å². The molecule has 1 aromatic carbocycles. The third-order valence-corrected chi connectivity index (χ3v) is 4.05. The quantitative estimate of drug-likeness (QED) is 0.920. The van der Waals surface area contributed by atoms with Crippen LogP contribution in [0.2, 0.25) is 0 Å². The van der Waals surface area contributed by atoms with Gasteiger partial charge >= 0.3 is 0 Å². The predicted molar refractivity (Wildman–Crippen MR) is 80.0 cm³/mol. The largest absolute Gasteiger partial charge is 0.507 e. The third-order valence-electron chi connectivity index (χ3n) is 4.05. The second-order valence-corrected chi connectivity index (χ2v) is 5.35. The fourth-order valence-corrected chi connectivity index (χ4v) is 2.67. The maximum absolute atomic E-state index is 12.5. The molecule has 0 spiro atoms. The van der Waals surface area contributed by atoms with Crippen LogP contribution >= 0.6 is 0 Å². The Balaban J connectivity index is 2.04. The number of benzene rings is 1. The number of para-hydroxylation sites is 1. The summed E-state index contributed by atoms with van der Waals surface area (Å²) in [4.78, 5) is 16.3. The predicted octanol–water partition coefficient (Wildman–Crippen LogP) is 1.76. The summed E-state index contributed by atoms with van der Waals surface area (Å²) >= 11 is 0. The highest BCUT2D eigenvalue weighted by molar-refractivity contribution is 5.97. The maximum Gasteiger partial charge on any atom is 0.257 e. The summed E-state index contributed by atoms with van der Waals surface area (Å²) in [5.74, 6) is -0.0748. The van der Waals surface area contributed by atoms with Crippen LogP contribution < -0.4 is 0 Å². The van der Waals surface area contributed by atoms with Crippen molar-refractivity contribution in [3.05, 3.63) is 29.3 Å². The SMILES string of the molecule is CCC(C#N)N1CCN(C(=O)c2cccc(C)c2O)CC1. The second kappa shape index (κ2) is 6.59. The zero-order valence-electron chi connectivity index (χ0n) is 12.5. The van der Waals surface area contributed by atoms with Crippen LogP contribution in [0, 0.1) is 18.3 Å². The molecule has 1 heterocycles. The van der Waals surface area contributed by atoms with Crippen molar-refractivity contribution >= 4 is 5.91 Å². The monoisotopic (exact) mass is 287 g/mol. The Kier molecular flexibility index (Phi) is 4.81. The molecule has 1 aromatic rings. The van der Waals surface area contributed by atoms with Crippen LogP contribution in [0.25, 0.3) is 0 Å². The minimum atomic E-state index is -0.138. The minimum Gasteiger partial charge on any atom is -0.507 e. The Labute approximate surface area is 125 Å². The molecule has 112 valence electrons. The summed E-state index contributed by atoms with van der Waals surface area (Å²) < 4.78 is 0. The molecule has 1 N–H and O–H groups in total. The van der Waals surface area contributed by atoms with Gasteiger partial charge in [0.2, 0.25) is 0 Å². The molecule has 5 heteroatoms. The Morgan fingerprint density at radius 2 is 2.05 bits per heavy atom. The van der Waals surface area contributed by atoms with E-state index in [0.29, 0.717) is 37.3 Å². The number of carbonyl (C=O) groups is 1. The summed E-state index contributed by atoms with van der Waals surface area (Å²) in [5.41, 5.74) is 1.06. The third kappa shape index (κ3) is 3.17. The number of hydrogen-bond donors (Lipinski definition) is 1. The van der Waals surface area contributed by atoms with Crippen molar-refractivity contribution in [3.8, 4) is 11.8 Å². The molecule has 1 atom stereocenters. The van der Waals surface area contributed by atoms with Crippen molar-refractivity contribution < 1.29 is 9.90 Å². The zero-order chi connectivity index (χ0) is 15.4. The average Bonchev–Trinajstić information content (AvgIpc) is 2.51. The topological polar surface area (TPSA) is 67.6 Å². The van der Waals surface area contributed by atoms with E-state index in [9.17, 15) is 9.90 Å². The Bertz CT molecular complexity index is 557. The second-order valence-electron chi connectivity index (χ2n) is 5.35. The molecule has 1 unspecified atom stereocenters. The van der Waals surface area contributed by atoms with Gasteiger partial charge in [0, 0.05) is 26.2 Å². The molecule has 0 bridgehead atoms. The lowest BCUT2D eigenvalue weighted by molar-refractivity contribution is 0.0601. The molecular formula is C16H21N3O2. The van der Waals surface area contributed by atoms with E-state index in [0.717, 1.165) is 6.42 Å². The molecule has 1 aliphatic rings. The van der Waals surface area contributed by atoms with Crippen LogP contribution in [0.4, 0.5) is 0 Å². The highest BCUT2D eigenvalue weighted by atomic mass is 16.3. The Morgan fingerprint density at radius 1 is 1.38 bits per heavy atom. The number of phenolic OH excluding ortho intramolecular Hbond substituents is 1. The lowest BCUT2D eigenvalue weighted by Crippen LogP contribution is -2.51. The average molecular weight is 287 g/mol. The molecule has 2 rings (SSSR count). The van der Waals surface area contributed by atoms with Gasteiger partial charge in [-0.2, -0.15) is 5.26 Å². The lowest BCUT2D eigenvalue weighted by atomic mass is 10.1. The fraction of sp³-hybridized carbons (Fsp3) is 0.500. The first-order valence-electron chi connectivity index (χ1n) is 7.30. The normalized spacial score (nSPS) is 17.3.